The van der Waals surface area contributed by atoms with Crippen molar-refractivity contribution < 1.29 is 24.2 Å². The van der Waals surface area contributed by atoms with Crippen molar-refractivity contribution in [3.05, 3.63) is 58.6 Å². The molecule has 0 spiro atoms. The maximum atomic E-state index is 12.4. The van der Waals surface area contributed by atoms with Gasteiger partial charge in [-0.25, -0.2) is 0 Å². The average Bonchev–Trinajstić information content (AvgIpc) is 2.60. The van der Waals surface area contributed by atoms with E-state index in [-0.39, 0.29) is 6.42 Å². The van der Waals surface area contributed by atoms with Crippen molar-refractivity contribution in [1.82, 2.24) is 5.32 Å². The number of carboxylic acids is 1. The van der Waals surface area contributed by atoms with Crippen LogP contribution in [0.25, 0.3) is 0 Å². The third-order valence-electron chi connectivity index (χ3n) is 3.58. The van der Waals surface area contributed by atoms with E-state index in [0.717, 1.165) is 0 Å². The molecule has 2 aromatic rings. The minimum atomic E-state index is -1.04. The summed E-state index contributed by atoms with van der Waals surface area (Å²) in [5, 5.41) is 12.3. The molecular formula is C18H18ClNO5. The van der Waals surface area contributed by atoms with Crippen LogP contribution in [0.1, 0.15) is 28.4 Å². The summed E-state index contributed by atoms with van der Waals surface area (Å²) in [5.74, 6) is -0.483. The van der Waals surface area contributed by atoms with E-state index in [9.17, 15) is 14.7 Å². The highest BCUT2D eigenvalue weighted by Crippen LogP contribution is 2.31. The van der Waals surface area contributed by atoms with Crippen molar-refractivity contribution in [3.63, 3.8) is 0 Å². The first-order chi connectivity index (χ1) is 11.9. The average molecular weight is 364 g/mol. The van der Waals surface area contributed by atoms with Crippen LogP contribution in [-0.2, 0) is 4.79 Å². The Hall–Kier alpha value is -2.73. The Morgan fingerprint density at radius 1 is 1.12 bits per heavy atom. The molecule has 0 bridgehead atoms. The molecule has 0 radical (unpaired) electrons. The van der Waals surface area contributed by atoms with Gasteiger partial charge in [0.05, 0.1) is 26.7 Å². The van der Waals surface area contributed by atoms with Crippen LogP contribution in [0.15, 0.2) is 42.5 Å². The van der Waals surface area contributed by atoms with Crippen LogP contribution in [0.2, 0.25) is 5.02 Å². The van der Waals surface area contributed by atoms with Gasteiger partial charge in [-0.15, -0.1) is 0 Å². The highest BCUT2D eigenvalue weighted by Gasteiger charge is 2.20. The number of halogens is 1. The van der Waals surface area contributed by atoms with Crippen LogP contribution in [0, 0.1) is 0 Å². The molecule has 2 N–H and O–H groups in total. The Labute approximate surface area is 150 Å². The van der Waals surface area contributed by atoms with E-state index >= 15 is 0 Å². The first-order valence-electron chi connectivity index (χ1n) is 7.44. The van der Waals surface area contributed by atoms with E-state index in [2.05, 4.69) is 5.32 Å². The molecule has 6 nitrogen and oxygen atoms in total. The highest BCUT2D eigenvalue weighted by molar-refractivity contribution is 6.30. The van der Waals surface area contributed by atoms with E-state index in [0.29, 0.717) is 27.6 Å². The summed E-state index contributed by atoms with van der Waals surface area (Å²) in [6, 6.07) is 10.7. The summed E-state index contributed by atoms with van der Waals surface area (Å²) >= 11 is 5.90. The zero-order valence-electron chi connectivity index (χ0n) is 13.8. The first kappa shape index (κ1) is 18.6. The number of nitrogens with one attached hydrogen (secondary N) is 1. The molecule has 0 unspecified atom stereocenters. The molecule has 0 saturated heterocycles. The van der Waals surface area contributed by atoms with E-state index in [1.807, 2.05) is 0 Å². The second kappa shape index (κ2) is 8.39. The predicted molar refractivity (Wildman–Crippen MR) is 93.5 cm³/mol. The molecular weight excluding hydrogens is 346 g/mol. The molecule has 0 aliphatic heterocycles. The van der Waals surface area contributed by atoms with Gasteiger partial charge < -0.3 is 19.9 Å². The quantitative estimate of drug-likeness (QED) is 0.788. The Bertz CT molecular complexity index is 778. The predicted octanol–water partition coefficient (Wildman–Crippen LogP) is 3.30. The number of rotatable bonds is 7. The SMILES string of the molecule is COc1ccc([C@@H](CC(=O)O)NC(=O)c2cccc(Cl)c2)cc1OC. The van der Waals surface area contributed by atoms with Gasteiger partial charge in [-0.1, -0.05) is 23.7 Å². The molecule has 132 valence electrons. The van der Waals surface area contributed by atoms with E-state index < -0.39 is 17.9 Å². The van der Waals surface area contributed by atoms with Crippen LogP contribution < -0.4 is 14.8 Å². The van der Waals surface area contributed by atoms with Crippen LogP contribution in [0.4, 0.5) is 0 Å². The molecule has 7 heteroatoms. The summed E-state index contributed by atoms with van der Waals surface area (Å²) < 4.78 is 10.4. The fourth-order valence-electron chi connectivity index (χ4n) is 2.37. The molecule has 1 atom stereocenters. The first-order valence-corrected chi connectivity index (χ1v) is 7.82. The monoisotopic (exact) mass is 363 g/mol. The lowest BCUT2D eigenvalue weighted by molar-refractivity contribution is -0.137. The zero-order chi connectivity index (χ0) is 18.4. The van der Waals surface area contributed by atoms with E-state index in [1.165, 1.54) is 20.3 Å². The van der Waals surface area contributed by atoms with Gasteiger partial charge in [-0.05, 0) is 35.9 Å². The maximum Gasteiger partial charge on any atom is 0.305 e. The number of benzene rings is 2. The number of aliphatic carboxylic acids is 1. The van der Waals surface area contributed by atoms with Crippen molar-refractivity contribution in [1.29, 1.82) is 0 Å². The van der Waals surface area contributed by atoms with Crippen LogP contribution in [0.5, 0.6) is 11.5 Å². The van der Waals surface area contributed by atoms with Gasteiger partial charge in [0, 0.05) is 10.6 Å². The molecule has 0 saturated carbocycles. The van der Waals surface area contributed by atoms with Gasteiger partial charge in [-0.3, -0.25) is 9.59 Å². The van der Waals surface area contributed by atoms with Crippen molar-refractivity contribution >= 4 is 23.5 Å². The summed E-state index contributed by atoms with van der Waals surface area (Å²) in [4.78, 5) is 23.6. The fourth-order valence-corrected chi connectivity index (χ4v) is 2.56. The third kappa shape index (κ3) is 4.87. The normalized spacial score (nSPS) is 11.5. The molecule has 1 amide bonds. The number of amides is 1. The van der Waals surface area contributed by atoms with Gasteiger partial charge in [0.2, 0.25) is 0 Å². The number of carboxylic acid groups (broad SMARTS) is 1. The summed E-state index contributed by atoms with van der Waals surface area (Å²) in [5.41, 5.74) is 0.943. The lowest BCUT2D eigenvalue weighted by Gasteiger charge is -2.19. The largest absolute Gasteiger partial charge is 0.493 e. The topological polar surface area (TPSA) is 84.9 Å². The van der Waals surface area contributed by atoms with Gasteiger partial charge in [0.1, 0.15) is 0 Å². The smallest absolute Gasteiger partial charge is 0.305 e. The Morgan fingerprint density at radius 2 is 1.84 bits per heavy atom. The molecule has 0 aromatic heterocycles. The van der Waals surface area contributed by atoms with Crippen molar-refractivity contribution in [3.8, 4) is 11.5 Å². The van der Waals surface area contributed by atoms with Crippen molar-refractivity contribution in [2.45, 2.75) is 12.5 Å². The summed E-state index contributed by atoms with van der Waals surface area (Å²) in [7, 11) is 2.99. The number of ether oxygens (including phenoxy) is 2. The minimum absolute atomic E-state index is 0.276. The van der Waals surface area contributed by atoms with Crippen molar-refractivity contribution in [2.75, 3.05) is 14.2 Å². The molecule has 25 heavy (non-hydrogen) atoms. The van der Waals surface area contributed by atoms with Crippen LogP contribution >= 0.6 is 11.6 Å². The highest BCUT2D eigenvalue weighted by atomic mass is 35.5. The molecule has 0 heterocycles. The lowest BCUT2D eigenvalue weighted by Crippen LogP contribution is -2.30. The van der Waals surface area contributed by atoms with Crippen LogP contribution in [0.3, 0.4) is 0 Å². The molecule has 2 rings (SSSR count). The minimum Gasteiger partial charge on any atom is -0.493 e. The summed E-state index contributed by atoms with van der Waals surface area (Å²) in [6.07, 6.45) is -0.276. The second-order valence-electron chi connectivity index (χ2n) is 5.25. The maximum absolute atomic E-state index is 12.4. The molecule has 2 aromatic carbocycles. The number of hydrogen-bond acceptors (Lipinski definition) is 4. The van der Waals surface area contributed by atoms with E-state index in [4.69, 9.17) is 21.1 Å². The Morgan fingerprint density at radius 3 is 2.44 bits per heavy atom. The van der Waals surface area contributed by atoms with E-state index in [1.54, 1.807) is 36.4 Å². The zero-order valence-corrected chi connectivity index (χ0v) is 14.5. The molecule has 0 fully saturated rings. The number of methoxy groups -OCH3 is 2. The van der Waals surface area contributed by atoms with Gasteiger partial charge >= 0.3 is 5.97 Å². The van der Waals surface area contributed by atoms with Crippen LogP contribution in [-0.4, -0.2) is 31.2 Å². The summed E-state index contributed by atoms with van der Waals surface area (Å²) in [6.45, 7) is 0. The number of carbonyl (C=O) groups is 2. The standard InChI is InChI=1S/C18H18ClNO5/c1-24-15-7-6-11(9-16(15)25-2)14(10-17(21)22)20-18(23)12-4-3-5-13(19)8-12/h3-9,14H,10H2,1-2H3,(H,20,23)(H,21,22)/t14-/m1/s1. The second-order valence-corrected chi connectivity index (χ2v) is 5.69. The van der Waals surface area contributed by atoms with Crippen molar-refractivity contribution in [2.24, 2.45) is 0 Å². The van der Waals surface area contributed by atoms with Gasteiger partial charge in [0.15, 0.2) is 11.5 Å². The lowest BCUT2D eigenvalue weighted by atomic mass is 10.0. The van der Waals surface area contributed by atoms with Gasteiger partial charge in [0.25, 0.3) is 5.91 Å². The Balaban J connectivity index is 2.30. The third-order valence-corrected chi connectivity index (χ3v) is 3.82. The fraction of sp³-hybridized carbons (Fsp3) is 0.222. The molecule has 0 aliphatic rings. The number of carbonyl (C=O) groups excluding carboxylic acids is 1. The molecule has 0 aliphatic carbocycles. The number of hydrogen-bond donors (Lipinski definition) is 2. The van der Waals surface area contributed by atoms with Gasteiger partial charge in [-0.2, -0.15) is 0 Å². The Kier molecular flexibility index (Phi) is 6.25.